The lowest BCUT2D eigenvalue weighted by Gasteiger charge is -2.43. The zero-order chi connectivity index (χ0) is 21.5. The Bertz CT molecular complexity index is 1060. The number of carbonyl (C=O) groups excluding carboxylic acids is 1. The standard InChI is InChI=1S/C24H31N5O2/c1-26(11-18-10-25-27(2)12-18)15-20-7-8-22-21-9-17(14-29(22)24(20)31)13-28(16-21)23(30)19-5-3-4-6-19/h3-4,7-8,10,12,17,19,21H,5-6,9,11,13-16H2,1-2H3/t17-,21+/m0/s1. The van der Waals surface area contributed by atoms with Crippen LogP contribution in [0.5, 0.6) is 0 Å². The molecule has 1 aliphatic carbocycles. The van der Waals surface area contributed by atoms with Gasteiger partial charge in [-0.3, -0.25) is 19.2 Å². The van der Waals surface area contributed by atoms with E-state index in [1.165, 1.54) is 0 Å². The first-order valence-electron chi connectivity index (χ1n) is 11.3. The largest absolute Gasteiger partial charge is 0.341 e. The van der Waals surface area contributed by atoms with Crippen molar-refractivity contribution in [2.24, 2.45) is 18.9 Å². The lowest BCUT2D eigenvalue weighted by molar-refractivity contribution is -0.138. The molecule has 2 aromatic heterocycles. The van der Waals surface area contributed by atoms with E-state index in [0.717, 1.165) is 62.3 Å². The summed E-state index contributed by atoms with van der Waals surface area (Å²) in [5.41, 5.74) is 3.20. The first kappa shape index (κ1) is 20.2. The summed E-state index contributed by atoms with van der Waals surface area (Å²) in [5, 5.41) is 4.22. The third-order valence-electron chi connectivity index (χ3n) is 7.00. The topological polar surface area (TPSA) is 63.4 Å². The van der Waals surface area contributed by atoms with Crippen molar-refractivity contribution in [2.45, 2.75) is 44.8 Å². The Morgan fingerprint density at radius 1 is 1.16 bits per heavy atom. The minimum absolute atomic E-state index is 0.124. The van der Waals surface area contributed by atoms with Gasteiger partial charge in [-0.05, 0) is 38.3 Å². The highest BCUT2D eigenvalue weighted by molar-refractivity contribution is 5.80. The first-order chi connectivity index (χ1) is 15.0. The normalized spacial score (nSPS) is 22.9. The third kappa shape index (κ3) is 3.99. The van der Waals surface area contributed by atoms with E-state index in [2.05, 4.69) is 33.1 Å². The molecule has 0 saturated carbocycles. The highest BCUT2D eigenvalue weighted by Gasteiger charge is 2.38. The van der Waals surface area contributed by atoms with Crippen molar-refractivity contribution in [3.8, 4) is 0 Å². The van der Waals surface area contributed by atoms with Crippen molar-refractivity contribution >= 4 is 5.91 Å². The number of hydrogen-bond acceptors (Lipinski definition) is 4. The molecule has 0 N–H and O–H groups in total. The van der Waals surface area contributed by atoms with E-state index in [-0.39, 0.29) is 17.4 Å². The molecule has 0 radical (unpaired) electrons. The second-order valence-electron chi connectivity index (χ2n) is 9.58. The van der Waals surface area contributed by atoms with Crippen LogP contribution in [0, 0.1) is 11.8 Å². The van der Waals surface area contributed by atoms with Gasteiger partial charge < -0.3 is 9.47 Å². The van der Waals surface area contributed by atoms with Gasteiger partial charge in [0.05, 0.1) is 6.20 Å². The van der Waals surface area contributed by atoms with Crippen molar-refractivity contribution in [1.82, 2.24) is 24.1 Å². The van der Waals surface area contributed by atoms with Gasteiger partial charge in [0.15, 0.2) is 0 Å². The molecule has 164 valence electrons. The Morgan fingerprint density at radius 2 is 1.97 bits per heavy atom. The number of aromatic nitrogens is 3. The van der Waals surface area contributed by atoms with Crippen molar-refractivity contribution in [3.63, 3.8) is 0 Å². The molecule has 1 fully saturated rings. The molecular weight excluding hydrogens is 390 g/mol. The first-order valence-corrected chi connectivity index (χ1v) is 11.3. The highest BCUT2D eigenvalue weighted by Crippen LogP contribution is 2.36. The van der Waals surface area contributed by atoms with Gasteiger partial charge in [0.2, 0.25) is 5.91 Å². The van der Waals surface area contributed by atoms with Gasteiger partial charge in [-0.1, -0.05) is 18.2 Å². The van der Waals surface area contributed by atoms with Crippen molar-refractivity contribution in [3.05, 3.63) is 63.9 Å². The lowest BCUT2D eigenvalue weighted by Crippen LogP contribution is -2.50. The van der Waals surface area contributed by atoms with Crippen LogP contribution in [0.4, 0.5) is 0 Å². The van der Waals surface area contributed by atoms with Crippen LogP contribution < -0.4 is 5.56 Å². The van der Waals surface area contributed by atoms with E-state index in [0.29, 0.717) is 18.4 Å². The van der Waals surface area contributed by atoms with Gasteiger partial charge in [-0.25, -0.2) is 0 Å². The molecule has 0 aromatic carbocycles. The average Bonchev–Trinajstić information content (AvgIpc) is 3.42. The van der Waals surface area contributed by atoms with Crippen LogP contribution in [0.2, 0.25) is 0 Å². The Balaban J connectivity index is 1.31. The summed E-state index contributed by atoms with van der Waals surface area (Å²) < 4.78 is 3.79. The molecule has 7 heteroatoms. The van der Waals surface area contributed by atoms with E-state index in [1.54, 1.807) is 4.68 Å². The van der Waals surface area contributed by atoms with E-state index in [9.17, 15) is 9.59 Å². The number of nitrogens with zero attached hydrogens (tertiary/aromatic N) is 5. The maximum atomic E-state index is 13.3. The summed E-state index contributed by atoms with van der Waals surface area (Å²) in [4.78, 5) is 30.5. The molecule has 3 aliphatic rings. The number of rotatable bonds is 5. The molecule has 2 aliphatic heterocycles. The Morgan fingerprint density at radius 3 is 2.71 bits per heavy atom. The van der Waals surface area contributed by atoms with Crippen molar-refractivity contribution < 1.29 is 4.79 Å². The fourth-order valence-corrected chi connectivity index (χ4v) is 5.58. The molecule has 7 nitrogen and oxygen atoms in total. The number of likely N-dealkylation sites (tertiary alicyclic amines) is 1. The Kier molecular flexibility index (Phi) is 5.30. The van der Waals surface area contributed by atoms with Crippen LogP contribution in [0.15, 0.2) is 41.5 Å². The number of fused-ring (bicyclic) bond motifs is 4. The van der Waals surface area contributed by atoms with E-state index in [1.807, 2.05) is 37.1 Å². The molecular formula is C24H31N5O2. The predicted octanol–water partition coefficient (Wildman–Crippen LogP) is 2.13. The summed E-state index contributed by atoms with van der Waals surface area (Å²) in [5.74, 6) is 1.05. The van der Waals surface area contributed by atoms with Crippen LogP contribution in [-0.4, -0.2) is 50.2 Å². The molecule has 1 saturated heterocycles. The van der Waals surface area contributed by atoms with E-state index in [4.69, 9.17) is 0 Å². The minimum atomic E-state index is 0.124. The van der Waals surface area contributed by atoms with Crippen LogP contribution in [0.1, 0.15) is 42.0 Å². The zero-order valence-electron chi connectivity index (χ0n) is 18.4. The van der Waals surface area contributed by atoms with E-state index >= 15 is 0 Å². The number of pyridine rings is 1. The Labute approximate surface area is 183 Å². The maximum Gasteiger partial charge on any atom is 0.255 e. The molecule has 5 rings (SSSR count). The molecule has 2 atom stereocenters. The van der Waals surface area contributed by atoms with Gasteiger partial charge >= 0.3 is 0 Å². The zero-order valence-corrected chi connectivity index (χ0v) is 18.4. The molecule has 2 aromatic rings. The van der Waals surface area contributed by atoms with E-state index < -0.39 is 0 Å². The highest BCUT2D eigenvalue weighted by atomic mass is 16.2. The maximum absolute atomic E-state index is 13.3. The van der Waals surface area contributed by atoms with Gasteiger partial charge in [0, 0.05) is 74.6 Å². The van der Waals surface area contributed by atoms with Gasteiger partial charge in [0.1, 0.15) is 0 Å². The van der Waals surface area contributed by atoms with Gasteiger partial charge in [0.25, 0.3) is 5.56 Å². The fourth-order valence-electron chi connectivity index (χ4n) is 5.58. The predicted molar refractivity (Wildman–Crippen MR) is 118 cm³/mol. The minimum Gasteiger partial charge on any atom is -0.341 e. The van der Waals surface area contributed by atoms with Crippen LogP contribution in [0.25, 0.3) is 0 Å². The molecule has 4 heterocycles. The number of amides is 1. The van der Waals surface area contributed by atoms with Crippen LogP contribution in [-0.2, 0) is 31.5 Å². The molecule has 1 amide bonds. The molecule has 0 unspecified atom stereocenters. The number of piperidine rings is 1. The number of hydrogen-bond donors (Lipinski definition) is 0. The summed E-state index contributed by atoms with van der Waals surface area (Å²) >= 11 is 0. The van der Waals surface area contributed by atoms with Crippen LogP contribution in [0.3, 0.4) is 0 Å². The third-order valence-corrected chi connectivity index (χ3v) is 7.00. The summed E-state index contributed by atoms with van der Waals surface area (Å²) in [6, 6.07) is 4.12. The quantitative estimate of drug-likeness (QED) is 0.694. The average molecular weight is 422 g/mol. The monoisotopic (exact) mass is 421 g/mol. The van der Waals surface area contributed by atoms with Crippen LogP contribution >= 0.6 is 0 Å². The second kappa shape index (κ2) is 8.11. The fraction of sp³-hybridized carbons (Fsp3) is 0.542. The Hall–Kier alpha value is -2.67. The number of allylic oxidation sites excluding steroid dienone is 2. The smallest absolute Gasteiger partial charge is 0.255 e. The lowest BCUT2D eigenvalue weighted by atomic mass is 9.82. The number of aryl methyl sites for hydroxylation is 1. The summed E-state index contributed by atoms with van der Waals surface area (Å²) in [7, 11) is 3.95. The molecule has 31 heavy (non-hydrogen) atoms. The van der Waals surface area contributed by atoms with Gasteiger partial charge in [-0.15, -0.1) is 0 Å². The molecule has 0 spiro atoms. The SMILES string of the molecule is CN(Cc1cnn(C)c1)Cc1ccc2n(c1=O)C[C@H]1C[C@@H]2CN(C(=O)C2CC=CC2)C1. The molecule has 2 bridgehead atoms. The number of carbonyl (C=O) groups is 1. The van der Waals surface area contributed by atoms with Crippen molar-refractivity contribution in [1.29, 1.82) is 0 Å². The summed E-state index contributed by atoms with van der Waals surface area (Å²) in [6.45, 7) is 3.61. The van der Waals surface area contributed by atoms with Crippen molar-refractivity contribution in [2.75, 3.05) is 20.1 Å². The second-order valence-corrected chi connectivity index (χ2v) is 9.58. The summed E-state index contributed by atoms with van der Waals surface area (Å²) in [6.07, 6.45) is 10.9. The van der Waals surface area contributed by atoms with Gasteiger partial charge in [-0.2, -0.15) is 5.10 Å².